The van der Waals surface area contributed by atoms with Crippen LogP contribution in [0.1, 0.15) is 27.7 Å². The summed E-state index contributed by atoms with van der Waals surface area (Å²) in [4.78, 5) is 2.35. The molecule has 0 amide bonds. The second-order valence-corrected chi connectivity index (χ2v) is 7.91. The maximum atomic E-state index is 6.05. The fourth-order valence-corrected chi connectivity index (χ4v) is 3.50. The Balaban J connectivity index is 2.08. The van der Waals surface area contributed by atoms with Gasteiger partial charge in [0, 0.05) is 17.0 Å². The van der Waals surface area contributed by atoms with Gasteiger partial charge < -0.3 is 14.4 Å². The molecule has 0 aliphatic carbocycles. The van der Waals surface area contributed by atoms with Crippen molar-refractivity contribution in [1.82, 2.24) is 0 Å². The fraction of sp³-hybridized carbons (Fsp3) is 0.625. The molecule has 1 heterocycles. The Kier molecular flexibility index (Phi) is 5.35. The van der Waals surface area contributed by atoms with Gasteiger partial charge in [0.25, 0.3) is 0 Å². The highest BCUT2D eigenvalue weighted by atomic mass is 32.2. The highest BCUT2D eigenvalue weighted by Crippen LogP contribution is 2.33. The minimum absolute atomic E-state index is 0.139. The second-order valence-electron chi connectivity index (χ2n) is 5.92. The third-order valence-electron chi connectivity index (χ3n) is 3.00. The van der Waals surface area contributed by atoms with Gasteiger partial charge in [-0.05, 0) is 19.1 Å². The predicted octanol–water partition coefficient (Wildman–Crippen LogP) is 3.74. The van der Waals surface area contributed by atoms with Crippen LogP contribution in [0.2, 0.25) is 0 Å². The van der Waals surface area contributed by atoms with Crippen LogP contribution in [0.15, 0.2) is 30.3 Å². The summed E-state index contributed by atoms with van der Waals surface area (Å²) in [5.41, 5.74) is 1.38. The van der Waals surface area contributed by atoms with Crippen molar-refractivity contribution in [2.24, 2.45) is 0 Å². The first-order chi connectivity index (χ1) is 9.48. The molecule has 3 nitrogen and oxygen atoms in total. The first kappa shape index (κ1) is 15.7. The number of morpholine rings is 1. The predicted molar refractivity (Wildman–Crippen MR) is 86.3 cm³/mol. The van der Waals surface area contributed by atoms with Gasteiger partial charge >= 0.3 is 0 Å². The van der Waals surface area contributed by atoms with Crippen LogP contribution in [0, 0.1) is 0 Å². The van der Waals surface area contributed by atoms with E-state index in [1.165, 1.54) is 5.69 Å². The highest BCUT2D eigenvalue weighted by molar-refractivity contribution is 8.01. The van der Waals surface area contributed by atoms with E-state index in [9.17, 15) is 0 Å². The molecule has 4 heteroatoms. The Hall–Kier alpha value is -0.710. The summed E-state index contributed by atoms with van der Waals surface area (Å²) in [6.07, 6.45) is -0.145. The van der Waals surface area contributed by atoms with Crippen molar-refractivity contribution in [3.63, 3.8) is 0 Å². The van der Waals surface area contributed by atoms with E-state index in [0.29, 0.717) is 6.61 Å². The molecule has 112 valence electrons. The maximum absolute atomic E-state index is 6.05. The standard InChI is InChI=1S/C16H25NO2S/c1-5-18-14-11-17(13-9-7-6-8-10-13)12-15(19-14)20-16(2,3)4/h6-10,14-15H,5,11-12H2,1-4H3/t14-,15-/m0/s1. The zero-order chi connectivity index (χ0) is 14.6. The van der Waals surface area contributed by atoms with Gasteiger partial charge in [-0.1, -0.05) is 39.0 Å². The van der Waals surface area contributed by atoms with Gasteiger partial charge in [0.05, 0.1) is 13.1 Å². The van der Waals surface area contributed by atoms with E-state index < -0.39 is 0 Å². The van der Waals surface area contributed by atoms with Crippen LogP contribution in [-0.4, -0.2) is 36.2 Å². The molecule has 0 bridgehead atoms. The molecule has 0 saturated carbocycles. The molecule has 2 atom stereocenters. The molecule has 1 saturated heterocycles. The van der Waals surface area contributed by atoms with Gasteiger partial charge in [-0.3, -0.25) is 0 Å². The zero-order valence-electron chi connectivity index (χ0n) is 12.8. The lowest BCUT2D eigenvalue weighted by atomic mass is 10.2. The van der Waals surface area contributed by atoms with Crippen LogP contribution < -0.4 is 4.90 Å². The number of thioether (sulfide) groups is 1. The summed E-state index contributed by atoms with van der Waals surface area (Å²) < 4.78 is 11.9. The first-order valence-electron chi connectivity index (χ1n) is 7.23. The Morgan fingerprint density at radius 2 is 1.95 bits per heavy atom. The molecule has 1 aromatic rings. The number of ether oxygens (including phenoxy) is 2. The fourth-order valence-electron chi connectivity index (χ4n) is 2.28. The number of hydrogen-bond donors (Lipinski definition) is 0. The lowest BCUT2D eigenvalue weighted by Gasteiger charge is -2.40. The molecule has 1 aromatic carbocycles. The number of rotatable bonds is 4. The van der Waals surface area contributed by atoms with Crippen LogP contribution in [0.4, 0.5) is 5.69 Å². The molecule has 0 aromatic heterocycles. The van der Waals surface area contributed by atoms with Crippen molar-refractivity contribution in [3.8, 4) is 0 Å². The van der Waals surface area contributed by atoms with Gasteiger partial charge in [-0.15, -0.1) is 11.8 Å². The Morgan fingerprint density at radius 1 is 1.25 bits per heavy atom. The molecule has 1 aliphatic heterocycles. The second kappa shape index (κ2) is 6.83. The SMILES string of the molecule is CCO[C@@H]1CN(c2ccccc2)C[C@H](SC(C)(C)C)O1. The lowest BCUT2D eigenvalue weighted by Crippen LogP contribution is -2.48. The van der Waals surface area contributed by atoms with Gasteiger partial charge in [0.2, 0.25) is 0 Å². The Morgan fingerprint density at radius 3 is 2.55 bits per heavy atom. The van der Waals surface area contributed by atoms with E-state index >= 15 is 0 Å². The number of benzene rings is 1. The summed E-state index contributed by atoms with van der Waals surface area (Å²) in [6.45, 7) is 11.0. The van der Waals surface area contributed by atoms with Crippen molar-refractivity contribution in [1.29, 1.82) is 0 Å². The third kappa shape index (κ3) is 4.69. The third-order valence-corrected chi connectivity index (χ3v) is 4.23. The molecular formula is C16H25NO2S. The van der Waals surface area contributed by atoms with Gasteiger partial charge in [-0.25, -0.2) is 0 Å². The number of hydrogen-bond acceptors (Lipinski definition) is 4. The summed E-state index contributed by atoms with van der Waals surface area (Å²) in [5, 5.41) is 0. The van der Waals surface area contributed by atoms with E-state index in [1.807, 2.05) is 24.8 Å². The van der Waals surface area contributed by atoms with Crippen molar-refractivity contribution in [3.05, 3.63) is 30.3 Å². The minimum atomic E-state index is -0.145. The van der Waals surface area contributed by atoms with E-state index in [1.54, 1.807) is 0 Å². The topological polar surface area (TPSA) is 21.7 Å². The maximum Gasteiger partial charge on any atom is 0.176 e. The van der Waals surface area contributed by atoms with Crippen molar-refractivity contribution in [2.75, 3.05) is 24.6 Å². The summed E-state index contributed by atoms with van der Waals surface area (Å²) >= 11 is 1.86. The lowest BCUT2D eigenvalue weighted by molar-refractivity contribution is -0.152. The summed E-state index contributed by atoms with van der Waals surface area (Å²) in [5.74, 6) is 0. The van der Waals surface area contributed by atoms with Crippen molar-refractivity contribution in [2.45, 2.75) is 44.2 Å². The molecular weight excluding hydrogens is 270 g/mol. The number of anilines is 1. The molecule has 1 fully saturated rings. The molecule has 20 heavy (non-hydrogen) atoms. The van der Waals surface area contributed by atoms with E-state index in [2.05, 4.69) is 49.9 Å². The van der Waals surface area contributed by atoms with Gasteiger partial charge in [0.1, 0.15) is 5.44 Å². The van der Waals surface area contributed by atoms with Crippen molar-refractivity contribution < 1.29 is 9.47 Å². The molecule has 0 spiro atoms. The monoisotopic (exact) mass is 295 g/mol. The van der Waals surface area contributed by atoms with E-state index in [4.69, 9.17) is 9.47 Å². The van der Waals surface area contributed by atoms with Gasteiger partial charge in [-0.2, -0.15) is 0 Å². The normalized spacial score (nSPS) is 23.9. The van der Waals surface area contributed by atoms with Crippen LogP contribution in [-0.2, 0) is 9.47 Å². The van der Waals surface area contributed by atoms with Crippen LogP contribution in [0.25, 0.3) is 0 Å². The van der Waals surface area contributed by atoms with Crippen LogP contribution in [0.5, 0.6) is 0 Å². The zero-order valence-corrected chi connectivity index (χ0v) is 13.7. The average molecular weight is 295 g/mol. The van der Waals surface area contributed by atoms with Crippen LogP contribution in [0.3, 0.4) is 0 Å². The Labute approximate surface area is 126 Å². The quantitative estimate of drug-likeness (QED) is 0.843. The molecule has 0 radical (unpaired) electrons. The van der Waals surface area contributed by atoms with E-state index in [-0.39, 0.29) is 16.5 Å². The smallest absolute Gasteiger partial charge is 0.176 e. The largest absolute Gasteiger partial charge is 0.363 e. The summed E-state index contributed by atoms with van der Waals surface area (Å²) in [7, 11) is 0. The van der Waals surface area contributed by atoms with Crippen molar-refractivity contribution >= 4 is 17.4 Å². The highest BCUT2D eigenvalue weighted by Gasteiger charge is 2.31. The summed E-state index contributed by atoms with van der Waals surface area (Å²) in [6, 6.07) is 10.5. The number of para-hydroxylation sites is 1. The molecule has 0 unspecified atom stereocenters. The number of nitrogens with zero attached hydrogens (tertiary/aromatic N) is 1. The first-order valence-corrected chi connectivity index (χ1v) is 8.11. The van der Waals surface area contributed by atoms with Gasteiger partial charge in [0.15, 0.2) is 6.29 Å². The molecule has 2 rings (SSSR count). The molecule has 1 aliphatic rings. The Bertz CT molecular complexity index is 405. The molecule has 0 N–H and O–H groups in total. The average Bonchev–Trinajstić information content (AvgIpc) is 2.38. The minimum Gasteiger partial charge on any atom is -0.363 e. The van der Waals surface area contributed by atoms with Crippen LogP contribution >= 0.6 is 11.8 Å². The van der Waals surface area contributed by atoms with E-state index in [0.717, 1.165) is 13.1 Å².